The number of carbonyl (C=O) groups is 2. The van der Waals surface area contributed by atoms with Crippen LogP contribution in [0.5, 0.6) is 0 Å². The Morgan fingerprint density at radius 1 is 0.881 bits per heavy atom. The summed E-state index contributed by atoms with van der Waals surface area (Å²) in [7, 11) is -3.57. The summed E-state index contributed by atoms with van der Waals surface area (Å²) < 4.78 is 26.9. The van der Waals surface area contributed by atoms with Gasteiger partial charge < -0.3 is 10.2 Å². The topological polar surface area (TPSA) is 86.8 Å². The molecule has 0 saturated heterocycles. The molecule has 3 aromatic carbocycles. The molecule has 0 bridgehead atoms. The van der Waals surface area contributed by atoms with Crippen molar-refractivity contribution in [3.05, 3.63) is 101 Å². The number of benzene rings is 3. The number of nitrogens with one attached hydrogen (secondary N) is 1. The molecule has 3 rings (SSSR count). The summed E-state index contributed by atoms with van der Waals surface area (Å²) in [6.45, 7) is 10.9. The van der Waals surface area contributed by atoms with Crippen molar-refractivity contribution in [2.75, 3.05) is 23.7 Å². The Morgan fingerprint density at radius 3 is 2.10 bits per heavy atom. The Balaban J connectivity index is 1.90. The van der Waals surface area contributed by atoms with Crippen molar-refractivity contribution in [3.63, 3.8) is 0 Å². The van der Waals surface area contributed by atoms with Gasteiger partial charge >= 0.3 is 0 Å². The van der Waals surface area contributed by atoms with Gasteiger partial charge in [0, 0.05) is 32.5 Å². The highest BCUT2D eigenvalue weighted by molar-refractivity contribution is 7.92. The SMILES string of the molecule is Cc1cc(C)cc(N(CCCC(=O)N(Cc2ccccc2C)[C@@H](Cc2ccccc2)C(=O)NCC(C)C)S(C)(=O)=O)c1. The van der Waals surface area contributed by atoms with Crippen LogP contribution in [0.4, 0.5) is 5.69 Å². The molecule has 0 fully saturated rings. The van der Waals surface area contributed by atoms with Gasteiger partial charge in [0.2, 0.25) is 21.8 Å². The fourth-order valence-electron chi connectivity index (χ4n) is 5.05. The van der Waals surface area contributed by atoms with E-state index in [1.54, 1.807) is 4.90 Å². The van der Waals surface area contributed by atoms with Crippen LogP contribution in [0.2, 0.25) is 0 Å². The van der Waals surface area contributed by atoms with E-state index in [2.05, 4.69) is 5.32 Å². The Morgan fingerprint density at radius 2 is 1.50 bits per heavy atom. The van der Waals surface area contributed by atoms with Gasteiger partial charge in [-0.05, 0) is 73.1 Å². The van der Waals surface area contributed by atoms with Crippen molar-refractivity contribution in [2.24, 2.45) is 5.92 Å². The van der Waals surface area contributed by atoms with Gasteiger partial charge in [-0.15, -0.1) is 0 Å². The van der Waals surface area contributed by atoms with Gasteiger partial charge in [-0.2, -0.15) is 0 Å². The van der Waals surface area contributed by atoms with Crippen molar-refractivity contribution in [1.29, 1.82) is 0 Å². The molecule has 0 unspecified atom stereocenters. The quantitative estimate of drug-likeness (QED) is 0.266. The Kier molecular flexibility index (Phi) is 11.7. The van der Waals surface area contributed by atoms with E-state index in [0.29, 0.717) is 25.1 Å². The fraction of sp³-hybridized carbons (Fsp3) is 0.412. The largest absolute Gasteiger partial charge is 0.354 e. The second kappa shape index (κ2) is 15.0. The molecule has 0 aliphatic heterocycles. The molecule has 0 heterocycles. The molecule has 8 heteroatoms. The third-order valence-corrected chi connectivity index (χ3v) is 8.40. The number of sulfonamides is 1. The molecular formula is C34H45N3O4S. The molecule has 0 aliphatic carbocycles. The lowest BCUT2D eigenvalue weighted by Crippen LogP contribution is -2.51. The van der Waals surface area contributed by atoms with Crippen molar-refractivity contribution < 1.29 is 18.0 Å². The number of carbonyl (C=O) groups excluding carboxylic acids is 2. The Labute approximate surface area is 252 Å². The minimum absolute atomic E-state index is 0.103. The first kappa shape index (κ1) is 32.9. The van der Waals surface area contributed by atoms with Crippen LogP contribution >= 0.6 is 0 Å². The molecule has 226 valence electrons. The average Bonchev–Trinajstić information content (AvgIpc) is 2.91. The highest BCUT2D eigenvalue weighted by Crippen LogP contribution is 2.23. The normalized spacial score (nSPS) is 12.2. The number of anilines is 1. The number of rotatable bonds is 14. The smallest absolute Gasteiger partial charge is 0.243 e. The predicted octanol–water partition coefficient (Wildman–Crippen LogP) is 5.57. The van der Waals surface area contributed by atoms with E-state index in [1.165, 1.54) is 10.6 Å². The number of amides is 2. The van der Waals surface area contributed by atoms with E-state index < -0.39 is 16.1 Å². The van der Waals surface area contributed by atoms with E-state index in [1.807, 2.05) is 107 Å². The molecular weight excluding hydrogens is 546 g/mol. The average molecular weight is 592 g/mol. The van der Waals surface area contributed by atoms with Gasteiger partial charge in [0.1, 0.15) is 6.04 Å². The monoisotopic (exact) mass is 591 g/mol. The fourth-order valence-corrected chi connectivity index (χ4v) is 6.00. The minimum atomic E-state index is -3.57. The molecule has 0 aliphatic rings. The first-order chi connectivity index (χ1) is 19.8. The second-order valence-electron chi connectivity index (χ2n) is 11.6. The van der Waals surface area contributed by atoms with E-state index >= 15 is 0 Å². The van der Waals surface area contributed by atoms with Gasteiger partial charge in [0.05, 0.1) is 11.9 Å². The molecule has 0 spiro atoms. The van der Waals surface area contributed by atoms with Gasteiger partial charge in [0.25, 0.3) is 0 Å². The molecule has 0 radical (unpaired) electrons. The summed E-state index contributed by atoms with van der Waals surface area (Å²) in [4.78, 5) is 29.3. The van der Waals surface area contributed by atoms with Crippen LogP contribution in [0, 0.1) is 26.7 Å². The highest BCUT2D eigenvalue weighted by atomic mass is 32.2. The zero-order chi connectivity index (χ0) is 30.9. The van der Waals surface area contributed by atoms with E-state index in [-0.39, 0.29) is 37.2 Å². The van der Waals surface area contributed by atoms with Crippen LogP contribution in [0.3, 0.4) is 0 Å². The molecule has 1 N–H and O–H groups in total. The van der Waals surface area contributed by atoms with Gasteiger partial charge in [-0.1, -0.05) is 74.5 Å². The predicted molar refractivity (Wildman–Crippen MR) is 171 cm³/mol. The van der Waals surface area contributed by atoms with Crippen LogP contribution in [-0.4, -0.2) is 50.5 Å². The van der Waals surface area contributed by atoms with Gasteiger partial charge in [-0.25, -0.2) is 8.42 Å². The zero-order valence-electron chi connectivity index (χ0n) is 25.8. The Hall–Kier alpha value is -3.65. The van der Waals surface area contributed by atoms with Crippen molar-refractivity contribution in [1.82, 2.24) is 10.2 Å². The van der Waals surface area contributed by atoms with Crippen molar-refractivity contribution >= 4 is 27.5 Å². The molecule has 7 nitrogen and oxygen atoms in total. The van der Waals surface area contributed by atoms with Crippen LogP contribution < -0.4 is 9.62 Å². The third-order valence-electron chi connectivity index (χ3n) is 7.20. The summed E-state index contributed by atoms with van der Waals surface area (Å²) in [5.74, 6) is -0.116. The number of hydrogen-bond acceptors (Lipinski definition) is 4. The summed E-state index contributed by atoms with van der Waals surface area (Å²) in [5, 5.41) is 3.04. The lowest BCUT2D eigenvalue weighted by molar-refractivity contribution is -0.141. The maximum Gasteiger partial charge on any atom is 0.243 e. The minimum Gasteiger partial charge on any atom is -0.354 e. The number of nitrogens with zero attached hydrogens (tertiary/aromatic N) is 2. The second-order valence-corrected chi connectivity index (χ2v) is 13.5. The van der Waals surface area contributed by atoms with Gasteiger partial charge in [-0.3, -0.25) is 13.9 Å². The maximum atomic E-state index is 14.0. The third kappa shape index (κ3) is 9.72. The number of aryl methyl sites for hydroxylation is 3. The van der Waals surface area contributed by atoms with Crippen LogP contribution in [-0.2, 0) is 32.6 Å². The molecule has 1 atom stereocenters. The molecule has 2 amide bonds. The summed E-state index contributed by atoms with van der Waals surface area (Å²) in [5.41, 5.74) is 5.49. The van der Waals surface area contributed by atoms with E-state index in [9.17, 15) is 18.0 Å². The molecule has 3 aromatic rings. The van der Waals surface area contributed by atoms with Gasteiger partial charge in [0.15, 0.2) is 0 Å². The zero-order valence-corrected chi connectivity index (χ0v) is 26.6. The lowest BCUT2D eigenvalue weighted by atomic mass is 10.0. The van der Waals surface area contributed by atoms with Crippen molar-refractivity contribution in [2.45, 2.75) is 66.5 Å². The summed E-state index contributed by atoms with van der Waals surface area (Å²) in [6, 6.07) is 22.5. The van der Waals surface area contributed by atoms with E-state index in [0.717, 1.165) is 27.8 Å². The first-order valence-corrected chi connectivity index (χ1v) is 16.4. The maximum absolute atomic E-state index is 14.0. The Bertz CT molecular complexity index is 1430. The molecule has 42 heavy (non-hydrogen) atoms. The molecule has 0 saturated carbocycles. The highest BCUT2D eigenvalue weighted by Gasteiger charge is 2.31. The lowest BCUT2D eigenvalue weighted by Gasteiger charge is -2.32. The first-order valence-electron chi connectivity index (χ1n) is 14.6. The van der Waals surface area contributed by atoms with Crippen molar-refractivity contribution in [3.8, 4) is 0 Å². The summed E-state index contributed by atoms with van der Waals surface area (Å²) >= 11 is 0. The van der Waals surface area contributed by atoms with Crippen LogP contribution in [0.25, 0.3) is 0 Å². The summed E-state index contributed by atoms with van der Waals surface area (Å²) in [6.07, 6.45) is 1.98. The standard InChI is InChI=1S/C34H45N3O4S/c1-25(2)23-35-34(39)32(22-29-14-8-7-9-15-29)36(24-30-16-11-10-13-28(30)5)33(38)17-12-18-37(42(6,40)41)31-20-26(3)19-27(4)21-31/h7-11,13-16,19-21,25,32H,12,17-18,22-24H2,1-6H3,(H,35,39)/t32-/m0/s1. The molecule has 0 aromatic heterocycles. The number of hydrogen-bond donors (Lipinski definition) is 1. The van der Waals surface area contributed by atoms with E-state index in [4.69, 9.17) is 0 Å². The van der Waals surface area contributed by atoms with Crippen LogP contribution in [0.1, 0.15) is 54.5 Å². The van der Waals surface area contributed by atoms with Crippen LogP contribution in [0.15, 0.2) is 72.8 Å².